The molecule has 0 aliphatic heterocycles. The SMILES string of the molecule is CC(=O)O.O=C(O)[CH2][Sr+2].[BaH2]. The molecule has 51 valence electrons. The predicted octanol–water partition coefficient (Wildman–Crippen LogP) is -1.17. The van der Waals surface area contributed by atoms with Crippen molar-refractivity contribution in [2.24, 2.45) is 0 Å². The van der Waals surface area contributed by atoms with Crippen LogP contribution in [0.25, 0.3) is 0 Å². The molecule has 6 heteroatoms. The molecular formula is C4H9BaO4Sr+2. The second-order valence-corrected chi connectivity index (χ2v) is 2.39. The molecule has 0 rings (SSSR count). The molecule has 10 heavy (non-hydrogen) atoms. The summed E-state index contributed by atoms with van der Waals surface area (Å²) in [4.78, 5) is 18.4. The van der Waals surface area contributed by atoms with Gasteiger partial charge in [0.2, 0.25) is 0 Å². The number of carbonyl (C=O) groups is 2. The molecule has 0 aromatic rings. The Labute approximate surface area is 129 Å². The van der Waals surface area contributed by atoms with Gasteiger partial charge in [0.05, 0.1) is 0 Å². The average Bonchev–Trinajstić information content (AvgIpc) is 1.65. The summed E-state index contributed by atoms with van der Waals surface area (Å²) in [5.74, 6) is -1.50. The second-order valence-electron chi connectivity index (χ2n) is 1.16. The summed E-state index contributed by atoms with van der Waals surface area (Å²) in [5, 5.41) is 15.2. The van der Waals surface area contributed by atoms with Crippen LogP contribution >= 0.6 is 0 Å². The van der Waals surface area contributed by atoms with Crippen LogP contribution in [0.4, 0.5) is 0 Å². The zero-order valence-electron chi connectivity index (χ0n) is 5.13. The quantitative estimate of drug-likeness (QED) is 0.587. The van der Waals surface area contributed by atoms with E-state index in [9.17, 15) is 4.79 Å². The van der Waals surface area contributed by atoms with Crippen molar-refractivity contribution < 1.29 is 19.8 Å². The van der Waals surface area contributed by atoms with Crippen LogP contribution in [-0.4, -0.2) is 114 Å². The third-order valence-electron chi connectivity index (χ3n) is 0.214. The minimum atomic E-state index is -0.833. The fraction of sp³-hybridized carbons (Fsp3) is 0.500. The van der Waals surface area contributed by atoms with Crippen molar-refractivity contribution in [3.63, 3.8) is 0 Å². The van der Waals surface area contributed by atoms with Gasteiger partial charge in [0.25, 0.3) is 5.97 Å². The van der Waals surface area contributed by atoms with Crippen molar-refractivity contribution in [1.29, 1.82) is 0 Å². The van der Waals surface area contributed by atoms with Gasteiger partial charge in [0, 0.05) is 6.92 Å². The van der Waals surface area contributed by atoms with Crippen molar-refractivity contribution in [1.82, 2.24) is 0 Å². The van der Waals surface area contributed by atoms with Crippen LogP contribution in [0, 0.1) is 0 Å². The van der Waals surface area contributed by atoms with Crippen molar-refractivity contribution >= 4 is 104 Å². The molecule has 0 aliphatic carbocycles. The molecule has 0 saturated carbocycles. The Morgan fingerprint density at radius 2 is 1.50 bits per heavy atom. The molecule has 7 radical (unpaired) electrons. The molecule has 0 aromatic heterocycles. The Morgan fingerprint density at radius 1 is 1.40 bits per heavy atom. The van der Waals surface area contributed by atoms with E-state index in [2.05, 4.69) is 0 Å². The predicted molar refractivity (Wildman–Crippen MR) is 40.1 cm³/mol. The van der Waals surface area contributed by atoms with Crippen LogP contribution in [-0.2, 0) is 9.59 Å². The Kier molecular flexibility index (Phi) is 24.3. The number of carboxylic acid groups (broad SMARTS) is 2. The molecule has 4 nitrogen and oxygen atoms in total. The van der Waals surface area contributed by atoms with E-state index < -0.39 is 11.9 Å². The standard InChI is InChI=1S/C2H4O2.C2H3O2.Ba.Sr.2H/c2*1-2(3)4;;;;/h1H3,(H,3,4);1H2,(H,3,4);;;;/q;;;+2;;. The van der Waals surface area contributed by atoms with Crippen molar-refractivity contribution in [2.75, 3.05) is 0 Å². The molecule has 0 aliphatic rings. The summed E-state index contributed by atoms with van der Waals surface area (Å²) in [6, 6.07) is 0. The van der Waals surface area contributed by atoms with Gasteiger partial charge in [-0.2, -0.15) is 0 Å². The topological polar surface area (TPSA) is 74.6 Å². The monoisotopic (exact) mass is 347 g/mol. The van der Waals surface area contributed by atoms with E-state index in [4.69, 9.17) is 15.0 Å². The molecule has 0 unspecified atom stereocenters. The van der Waals surface area contributed by atoms with E-state index in [-0.39, 0.29) is 48.9 Å². The third kappa shape index (κ3) is 50.7. The van der Waals surface area contributed by atoms with Gasteiger partial charge in [-0.1, -0.05) is 0 Å². The Bertz CT molecular complexity index is 101. The number of hydrogen-bond acceptors (Lipinski definition) is 2. The molecule has 0 fully saturated rings. The normalized spacial score (nSPS) is 6.20. The number of hydrogen-bond donors (Lipinski definition) is 2. The molecule has 0 aromatic carbocycles. The van der Waals surface area contributed by atoms with Gasteiger partial charge in [0.1, 0.15) is 0 Å². The Balaban J connectivity index is -0.0000000910. The number of aliphatic carboxylic acids is 2. The van der Waals surface area contributed by atoms with E-state index in [1.54, 1.807) is 0 Å². The molecular weight excluding hydrogens is 337 g/mol. The van der Waals surface area contributed by atoms with E-state index >= 15 is 0 Å². The van der Waals surface area contributed by atoms with E-state index in [0.29, 0.717) is 44.6 Å². The summed E-state index contributed by atoms with van der Waals surface area (Å²) in [6.45, 7) is 1.08. The average molecular weight is 346 g/mol. The first-order valence-electron chi connectivity index (χ1n) is 2.21. The van der Waals surface area contributed by atoms with Gasteiger partial charge in [-0.15, -0.1) is 0 Å². The van der Waals surface area contributed by atoms with Gasteiger partial charge in [-0.25, -0.2) is 0 Å². The second kappa shape index (κ2) is 13.6. The van der Waals surface area contributed by atoms with Crippen molar-refractivity contribution in [2.45, 2.75) is 8.32 Å². The van der Waals surface area contributed by atoms with Crippen LogP contribution < -0.4 is 0 Å². The van der Waals surface area contributed by atoms with Gasteiger partial charge >= 0.3 is 109 Å². The van der Waals surface area contributed by atoms with Gasteiger partial charge < -0.3 is 5.11 Å². The van der Waals surface area contributed by atoms with Crippen LogP contribution in [0.5, 0.6) is 0 Å². The fourth-order valence-corrected chi connectivity index (χ4v) is 0. The van der Waals surface area contributed by atoms with Crippen molar-refractivity contribution in [3.05, 3.63) is 0 Å². The van der Waals surface area contributed by atoms with Gasteiger partial charge in [0.15, 0.2) is 0 Å². The molecule has 0 heterocycles. The van der Waals surface area contributed by atoms with Crippen molar-refractivity contribution in [3.8, 4) is 0 Å². The third-order valence-corrected chi connectivity index (χ3v) is 1.27. The van der Waals surface area contributed by atoms with Crippen LogP contribution in [0.3, 0.4) is 0 Å². The summed E-state index contributed by atoms with van der Waals surface area (Å²) < 4.78 is 0.392. The molecule has 0 amide bonds. The van der Waals surface area contributed by atoms with Crippen LogP contribution in [0.1, 0.15) is 6.92 Å². The van der Waals surface area contributed by atoms with Gasteiger partial charge in [-0.3, -0.25) is 4.79 Å². The molecule has 0 atom stereocenters. The first kappa shape index (κ1) is 17.9. The molecule has 2 N–H and O–H groups in total. The van der Waals surface area contributed by atoms with Crippen LogP contribution in [0.15, 0.2) is 0 Å². The molecule has 0 saturated heterocycles. The number of rotatable bonds is 1. The minimum absolute atomic E-state index is 0. The summed E-state index contributed by atoms with van der Waals surface area (Å²) >= 11 is 0.589. The fourth-order valence-electron chi connectivity index (χ4n) is 0. The summed E-state index contributed by atoms with van der Waals surface area (Å²) in [6.07, 6.45) is 0. The maximum atomic E-state index is 9.41. The zero-order chi connectivity index (χ0) is 7.86. The Morgan fingerprint density at radius 3 is 1.50 bits per heavy atom. The molecule has 0 spiro atoms. The first-order chi connectivity index (χ1) is 4.00. The maximum absolute atomic E-state index is 9.41. The van der Waals surface area contributed by atoms with Gasteiger partial charge in [-0.05, 0) is 0 Å². The van der Waals surface area contributed by atoms with Crippen LogP contribution in [0.2, 0.25) is 1.39 Å². The van der Waals surface area contributed by atoms with E-state index in [1.807, 2.05) is 0 Å². The first-order valence-corrected chi connectivity index (χ1v) is 4.67. The zero-order valence-corrected chi connectivity index (χ0v) is 8.60. The van der Waals surface area contributed by atoms with E-state index in [1.165, 1.54) is 0 Å². The molecule has 0 bridgehead atoms. The number of carboxylic acids is 2. The summed E-state index contributed by atoms with van der Waals surface area (Å²) in [7, 11) is 0. The Hall–Kier alpha value is 1.99. The summed E-state index contributed by atoms with van der Waals surface area (Å²) in [5.41, 5.74) is 0. The van der Waals surface area contributed by atoms with E-state index in [0.717, 1.165) is 6.92 Å².